The van der Waals surface area contributed by atoms with Crippen molar-refractivity contribution in [2.45, 2.75) is 64.4 Å². The molecule has 1 aliphatic heterocycles. The fraction of sp³-hybridized carbons (Fsp3) is 0.312. The minimum atomic E-state index is -2.00. The fourth-order valence-electron chi connectivity index (χ4n) is 4.36. The first-order valence-corrected chi connectivity index (χ1v) is 16.1. The topological polar surface area (TPSA) is 55.8 Å². The smallest absolute Gasteiger partial charge is 0.303 e. The van der Waals surface area contributed by atoms with Crippen LogP contribution in [0.5, 0.6) is 5.75 Å². The molecule has 5 nitrogen and oxygen atoms in total. The first-order chi connectivity index (χ1) is 18.4. The summed E-state index contributed by atoms with van der Waals surface area (Å²) in [6.45, 7) is 12.4. The molecule has 2 atom stereocenters. The number of rotatable bonds is 8. The van der Waals surface area contributed by atoms with Gasteiger partial charge in [-0.1, -0.05) is 69.3 Å². The number of ether oxygens (including phenoxy) is 1. The molecule has 0 aromatic heterocycles. The van der Waals surface area contributed by atoms with Gasteiger partial charge in [-0.3, -0.25) is 14.5 Å². The summed E-state index contributed by atoms with van der Waals surface area (Å²) in [5.41, 5.74) is 2.99. The Kier molecular flexibility index (Phi) is 8.11. The number of anilines is 1. The maximum Gasteiger partial charge on any atom is 0.303 e. The molecule has 7 heteroatoms. The minimum absolute atomic E-state index is 0.0680. The summed E-state index contributed by atoms with van der Waals surface area (Å²) in [6.07, 6.45) is 1.70. The Labute approximate surface area is 231 Å². The van der Waals surface area contributed by atoms with E-state index in [0.717, 1.165) is 16.9 Å². The number of nitrogens with zero attached hydrogens (tertiary/aromatic N) is 1. The first-order valence-electron chi connectivity index (χ1n) is 13.2. The molecule has 1 aliphatic rings. The lowest BCUT2D eigenvalue weighted by molar-refractivity contribution is -0.146. The van der Waals surface area contributed by atoms with Gasteiger partial charge in [0.1, 0.15) is 17.7 Å². The van der Waals surface area contributed by atoms with E-state index in [1.807, 2.05) is 60.7 Å². The number of hydrogen-bond donors (Lipinski definition) is 0. The summed E-state index contributed by atoms with van der Waals surface area (Å²) in [6, 6.07) is 22.9. The van der Waals surface area contributed by atoms with Gasteiger partial charge in [0, 0.05) is 24.6 Å². The summed E-state index contributed by atoms with van der Waals surface area (Å²) >= 11 is 0. The molecule has 0 N–H and O–H groups in total. The third-order valence-corrected chi connectivity index (χ3v) is 11.9. The van der Waals surface area contributed by atoms with Crippen molar-refractivity contribution in [3.8, 4) is 5.75 Å². The number of amides is 1. The van der Waals surface area contributed by atoms with E-state index < -0.39 is 14.4 Å². The molecule has 39 heavy (non-hydrogen) atoms. The van der Waals surface area contributed by atoms with Gasteiger partial charge in [0.2, 0.25) is 8.32 Å². The van der Waals surface area contributed by atoms with E-state index in [4.69, 9.17) is 9.16 Å². The van der Waals surface area contributed by atoms with Gasteiger partial charge in [-0.2, -0.15) is 0 Å². The van der Waals surface area contributed by atoms with Crippen molar-refractivity contribution in [2.75, 3.05) is 4.90 Å². The number of hydrogen-bond acceptors (Lipinski definition) is 4. The van der Waals surface area contributed by atoms with Crippen LogP contribution in [0.4, 0.5) is 10.1 Å². The SMILES string of the molecule is CC(=O)OC(C/C=C1/C(=O)N(c2ccc(F)cc2)C1c1ccc(O[Si](C)(C)C(C)(C)C)cc1)c1ccccc1. The molecule has 2 unspecified atom stereocenters. The zero-order valence-corrected chi connectivity index (χ0v) is 24.4. The van der Waals surface area contributed by atoms with Crippen LogP contribution in [0.15, 0.2) is 90.5 Å². The van der Waals surface area contributed by atoms with Crippen LogP contribution in [0.25, 0.3) is 0 Å². The Hall–Kier alpha value is -3.71. The van der Waals surface area contributed by atoms with Crippen LogP contribution in [-0.2, 0) is 14.3 Å². The van der Waals surface area contributed by atoms with Gasteiger partial charge in [-0.15, -0.1) is 0 Å². The minimum Gasteiger partial charge on any atom is -0.544 e. The maximum absolute atomic E-state index is 13.6. The number of benzene rings is 3. The monoisotopic (exact) mass is 545 g/mol. The van der Waals surface area contributed by atoms with Crippen LogP contribution in [0, 0.1) is 5.82 Å². The van der Waals surface area contributed by atoms with Crippen LogP contribution < -0.4 is 9.33 Å². The molecule has 1 fully saturated rings. The van der Waals surface area contributed by atoms with E-state index in [2.05, 4.69) is 33.9 Å². The molecule has 0 radical (unpaired) electrons. The zero-order valence-electron chi connectivity index (χ0n) is 23.4. The van der Waals surface area contributed by atoms with Crippen molar-refractivity contribution >= 4 is 25.9 Å². The third kappa shape index (κ3) is 6.31. The molecular formula is C32H36FNO4Si. The van der Waals surface area contributed by atoms with Crippen LogP contribution in [0.2, 0.25) is 18.1 Å². The highest BCUT2D eigenvalue weighted by atomic mass is 28.4. The molecule has 1 saturated heterocycles. The molecule has 0 aliphatic carbocycles. The van der Waals surface area contributed by atoms with Crippen molar-refractivity contribution in [3.63, 3.8) is 0 Å². The molecule has 0 saturated carbocycles. The molecule has 4 rings (SSSR count). The molecule has 3 aromatic carbocycles. The molecule has 0 spiro atoms. The van der Waals surface area contributed by atoms with Gasteiger partial charge in [-0.05, 0) is 65.7 Å². The molecule has 204 valence electrons. The van der Waals surface area contributed by atoms with Gasteiger partial charge >= 0.3 is 5.97 Å². The predicted octanol–water partition coefficient (Wildman–Crippen LogP) is 7.92. The van der Waals surface area contributed by atoms with Crippen LogP contribution in [0.1, 0.15) is 57.4 Å². The number of β-lactam (4-membered cyclic amide) rings is 1. The van der Waals surface area contributed by atoms with Crippen molar-refractivity contribution in [1.29, 1.82) is 0 Å². The highest BCUT2D eigenvalue weighted by Crippen LogP contribution is 2.45. The normalized spacial score (nSPS) is 17.5. The highest BCUT2D eigenvalue weighted by molar-refractivity contribution is 6.74. The lowest BCUT2D eigenvalue weighted by Gasteiger charge is -2.43. The van der Waals surface area contributed by atoms with Crippen LogP contribution in [-0.4, -0.2) is 20.2 Å². The van der Waals surface area contributed by atoms with Gasteiger partial charge in [0.25, 0.3) is 5.91 Å². The summed E-state index contributed by atoms with van der Waals surface area (Å²) in [7, 11) is -2.00. The van der Waals surface area contributed by atoms with Crippen molar-refractivity contribution in [1.82, 2.24) is 0 Å². The van der Waals surface area contributed by atoms with Crippen LogP contribution in [0.3, 0.4) is 0 Å². The largest absolute Gasteiger partial charge is 0.544 e. The van der Waals surface area contributed by atoms with Crippen molar-refractivity contribution < 1.29 is 23.1 Å². The molecule has 3 aromatic rings. The van der Waals surface area contributed by atoms with E-state index >= 15 is 0 Å². The predicted molar refractivity (Wildman–Crippen MR) is 155 cm³/mol. The molecule has 0 bridgehead atoms. The second-order valence-corrected chi connectivity index (χ2v) is 16.1. The quantitative estimate of drug-likeness (QED) is 0.125. The van der Waals surface area contributed by atoms with Crippen molar-refractivity contribution in [3.05, 3.63) is 107 Å². The lowest BCUT2D eigenvalue weighted by Crippen LogP contribution is -2.49. The van der Waals surface area contributed by atoms with Gasteiger partial charge < -0.3 is 9.16 Å². The van der Waals surface area contributed by atoms with E-state index in [-0.39, 0.29) is 28.8 Å². The Balaban J connectivity index is 1.65. The summed E-state index contributed by atoms with van der Waals surface area (Å²) in [4.78, 5) is 26.9. The molecular weight excluding hydrogens is 509 g/mol. The third-order valence-electron chi connectivity index (χ3n) is 7.53. The number of carbonyl (C=O) groups excluding carboxylic acids is 2. The second-order valence-electron chi connectivity index (χ2n) is 11.4. The second kappa shape index (κ2) is 11.2. The van der Waals surface area contributed by atoms with Gasteiger partial charge in [-0.25, -0.2) is 4.39 Å². The maximum atomic E-state index is 13.6. The highest BCUT2D eigenvalue weighted by Gasteiger charge is 2.44. The molecule has 1 heterocycles. The summed E-state index contributed by atoms with van der Waals surface area (Å²) in [5.74, 6) is -0.112. The number of halogens is 1. The van der Waals surface area contributed by atoms with E-state index in [1.54, 1.807) is 17.0 Å². The van der Waals surface area contributed by atoms with E-state index in [0.29, 0.717) is 17.7 Å². The number of esters is 1. The fourth-order valence-corrected chi connectivity index (χ4v) is 5.39. The average molecular weight is 546 g/mol. The van der Waals surface area contributed by atoms with Crippen molar-refractivity contribution in [2.24, 2.45) is 0 Å². The van der Waals surface area contributed by atoms with E-state index in [1.165, 1.54) is 19.1 Å². The van der Waals surface area contributed by atoms with E-state index in [9.17, 15) is 14.0 Å². The number of carbonyl (C=O) groups is 2. The Morgan fingerprint density at radius 1 is 1.00 bits per heavy atom. The summed E-state index contributed by atoms with van der Waals surface area (Å²) in [5, 5.41) is 0.0680. The Morgan fingerprint density at radius 2 is 1.62 bits per heavy atom. The lowest BCUT2D eigenvalue weighted by atomic mass is 9.86. The Bertz CT molecular complexity index is 1350. The van der Waals surface area contributed by atoms with Gasteiger partial charge in [0.15, 0.2) is 0 Å². The summed E-state index contributed by atoms with van der Waals surface area (Å²) < 4.78 is 25.7. The first kappa shape index (κ1) is 28.3. The standard InChI is InChI=1S/C32H36FNO4Si/c1-22(35)37-29(23-10-8-7-9-11-23)21-20-28-30(34(31(28)36)26-16-14-25(33)15-17-26)24-12-18-27(19-13-24)38-39(5,6)32(2,3)4/h7-20,29-30H,21H2,1-6H3/b28-20+. The van der Waals surface area contributed by atoms with Crippen LogP contribution >= 0.6 is 0 Å². The zero-order chi connectivity index (χ0) is 28.4. The Morgan fingerprint density at radius 3 is 2.18 bits per heavy atom. The molecule has 1 amide bonds. The average Bonchev–Trinajstić information content (AvgIpc) is 2.88. The van der Waals surface area contributed by atoms with Gasteiger partial charge in [0.05, 0.1) is 6.04 Å².